The lowest BCUT2D eigenvalue weighted by Crippen LogP contribution is -2.48. The topological polar surface area (TPSA) is 75.7 Å². The highest BCUT2D eigenvalue weighted by Crippen LogP contribution is 2.28. The summed E-state index contributed by atoms with van der Waals surface area (Å²) in [6.07, 6.45) is 0.283. The summed E-state index contributed by atoms with van der Waals surface area (Å²) >= 11 is 7.82. The smallest absolute Gasteiger partial charge is 0.251 e. The quantitative estimate of drug-likeness (QED) is 0.721. The van der Waals surface area contributed by atoms with Crippen molar-refractivity contribution in [3.8, 4) is 0 Å². The summed E-state index contributed by atoms with van der Waals surface area (Å²) in [5, 5.41) is 7.05. The maximum atomic E-state index is 13.2. The molecule has 0 aliphatic carbocycles. The van der Waals surface area contributed by atoms with Gasteiger partial charge in [-0.15, -0.1) is 0 Å². The van der Waals surface area contributed by atoms with Gasteiger partial charge in [-0.25, -0.2) is 8.42 Å². The van der Waals surface area contributed by atoms with Gasteiger partial charge in [-0.1, -0.05) is 11.6 Å². The Morgan fingerprint density at radius 1 is 1.31 bits per heavy atom. The standard InChI is InChI=1S/C20H25ClN2O4S2/c1-13(8-16-6-7-28-12-16)22-20(24)17-4-5-18(21)19(9-17)29(25,26)23-10-14(2)27-15(3)11-23/h4-7,9,12-15H,8,10-11H2,1-3H3,(H,22,24). The molecule has 1 aliphatic heterocycles. The van der Waals surface area contributed by atoms with Gasteiger partial charge in [-0.3, -0.25) is 4.79 Å². The summed E-state index contributed by atoms with van der Waals surface area (Å²) in [6, 6.07) is 6.28. The molecule has 0 spiro atoms. The van der Waals surface area contributed by atoms with Crippen molar-refractivity contribution in [1.82, 2.24) is 9.62 Å². The van der Waals surface area contributed by atoms with Crippen molar-refractivity contribution in [3.63, 3.8) is 0 Å². The van der Waals surface area contributed by atoms with Gasteiger partial charge in [-0.2, -0.15) is 15.6 Å². The number of nitrogens with one attached hydrogen (secondary N) is 1. The normalized spacial score (nSPS) is 21.7. The molecule has 1 aromatic carbocycles. The number of rotatable bonds is 6. The second-order valence-corrected chi connectivity index (χ2v) is 10.5. The fourth-order valence-corrected chi connectivity index (χ4v) is 6.20. The first kappa shape index (κ1) is 22.2. The van der Waals surface area contributed by atoms with Gasteiger partial charge in [0.25, 0.3) is 5.91 Å². The third kappa shape index (κ3) is 5.38. The van der Waals surface area contributed by atoms with Crippen LogP contribution in [0.1, 0.15) is 36.7 Å². The van der Waals surface area contributed by atoms with Crippen molar-refractivity contribution >= 4 is 38.9 Å². The lowest BCUT2D eigenvalue weighted by Gasteiger charge is -2.34. The Bertz CT molecular complexity index is 953. The monoisotopic (exact) mass is 456 g/mol. The molecule has 3 rings (SSSR count). The number of ether oxygens (including phenoxy) is 1. The van der Waals surface area contributed by atoms with E-state index in [0.29, 0.717) is 6.42 Å². The van der Waals surface area contributed by atoms with Gasteiger partial charge in [0.15, 0.2) is 0 Å². The zero-order valence-corrected chi connectivity index (χ0v) is 19.0. The Labute approximate surface area is 180 Å². The number of benzene rings is 1. The molecular formula is C20H25ClN2O4S2. The molecule has 1 saturated heterocycles. The van der Waals surface area contributed by atoms with E-state index in [4.69, 9.17) is 16.3 Å². The average Bonchev–Trinajstić information content (AvgIpc) is 3.13. The SMILES string of the molecule is CC(Cc1ccsc1)NC(=O)c1ccc(Cl)c(S(=O)(=O)N2CC(C)OC(C)C2)c1. The summed E-state index contributed by atoms with van der Waals surface area (Å²) in [6.45, 7) is 6.07. The number of thiophene rings is 1. The molecule has 1 N–H and O–H groups in total. The summed E-state index contributed by atoms with van der Waals surface area (Å²) < 4.78 is 33.3. The van der Waals surface area contributed by atoms with Crippen LogP contribution in [0, 0.1) is 0 Å². The molecular weight excluding hydrogens is 432 g/mol. The second-order valence-electron chi connectivity index (χ2n) is 7.43. The molecule has 29 heavy (non-hydrogen) atoms. The van der Waals surface area contributed by atoms with Gasteiger partial charge >= 0.3 is 0 Å². The minimum Gasteiger partial charge on any atom is -0.373 e. The van der Waals surface area contributed by atoms with Crippen molar-refractivity contribution in [3.05, 3.63) is 51.2 Å². The number of sulfonamides is 1. The Morgan fingerprint density at radius 3 is 2.62 bits per heavy atom. The number of hydrogen-bond acceptors (Lipinski definition) is 5. The Kier molecular flexibility index (Phi) is 7.01. The van der Waals surface area contributed by atoms with E-state index in [0.717, 1.165) is 5.56 Å². The molecule has 1 fully saturated rings. The zero-order valence-electron chi connectivity index (χ0n) is 16.6. The van der Waals surface area contributed by atoms with E-state index in [1.54, 1.807) is 17.4 Å². The van der Waals surface area contributed by atoms with E-state index in [1.807, 2.05) is 37.6 Å². The number of nitrogens with zero attached hydrogens (tertiary/aromatic N) is 1. The van der Waals surface area contributed by atoms with Crippen LogP contribution in [0.5, 0.6) is 0 Å². The Morgan fingerprint density at radius 2 is 2.00 bits per heavy atom. The first-order valence-corrected chi connectivity index (χ1v) is 12.2. The largest absolute Gasteiger partial charge is 0.373 e. The van der Waals surface area contributed by atoms with Crippen molar-refractivity contribution in [2.24, 2.45) is 0 Å². The number of morpholine rings is 1. The number of halogens is 1. The van der Waals surface area contributed by atoms with Gasteiger partial charge in [-0.05, 0) is 67.8 Å². The molecule has 2 aromatic rings. The fraction of sp³-hybridized carbons (Fsp3) is 0.450. The molecule has 0 radical (unpaired) electrons. The van der Waals surface area contributed by atoms with E-state index < -0.39 is 10.0 Å². The molecule has 1 aliphatic rings. The van der Waals surface area contributed by atoms with E-state index >= 15 is 0 Å². The fourth-order valence-electron chi connectivity index (χ4n) is 3.43. The number of hydrogen-bond donors (Lipinski definition) is 1. The zero-order chi connectivity index (χ0) is 21.2. The summed E-state index contributed by atoms with van der Waals surface area (Å²) in [7, 11) is -3.84. The highest BCUT2D eigenvalue weighted by molar-refractivity contribution is 7.89. The molecule has 1 amide bonds. The molecule has 3 atom stereocenters. The van der Waals surface area contributed by atoms with Crippen molar-refractivity contribution in [2.75, 3.05) is 13.1 Å². The van der Waals surface area contributed by atoms with E-state index in [2.05, 4.69) is 5.32 Å². The summed E-state index contributed by atoms with van der Waals surface area (Å²) in [5.41, 5.74) is 1.41. The van der Waals surface area contributed by atoms with Gasteiger partial charge in [0, 0.05) is 24.7 Å². The van der Waals surface area contributed by atoms with E-state index in [9.17, 15) is 13.2 Å². The lowest BCUT2D eigenvalue weighted by atomic mass is 10.1. The average molecular weight is 457 g/mol. The molecule has 6 nitrogen and oxygen atoms in total. The van der Waals surface area contributed by atoms with Crippen LogP contribution in [0.15, 0.2) is 39.9 Å². The molecule has 0 saturated carbocycles. The van der Waals surface area contributed by atoms with Crippen molar-refractivity contribution in [2.45, 2.75) is 50.3 Å². The van der Waals surface area contributed by atoms with Crippen LogP contribution in [0.3, 0.4) is 0 Å². The van der Waals surface area contributed by atoms with Crippen LogP contribution in [-0.4, -0.2) is 50.0 Å². The highest BCUT2D eigenvalue weighted by atomic mass is 35.5. The number of carbonyl (C=O) groups is 1. The predicted molar refractivity (Wildman–Crippen MR) is 115 cm³/mol. The van der Waals surface area contributed by atoms with Gasteiger partial charge in [0.2, 0.25) is 10.0 Å². The molecule has 0 bridgehead atoms. The molecule has 158 valence electrons. The number of carbonyl (C=O) groups excluding carboxylic acids is 1. The minimum absolute atomic E-state index is 0.0568. The summed E-state index contributed by atoms with van der Waals surface area (Å²) in [5.74, 6) is -0.329. The summed E-state index contributed by atoms with van der Waals surface area (Å²) in [4.78, 5) is 12.6. The molecule has 3 unspecified atom stereocenters. The Balaban J connectivity index is 1.79. The van der Waals surface area contributed by atoms with E-state index in [-0.39, 0.29) is 52.7 Å². The lowest BCUT2D eigenvalue weighted by molar-refractivity contribution is -0.0440. The third-order valence-corrected chi connectivity index (χ3v) is 7.74. The van der Waals surface area contributed by atoms with Gasteiger partial charge in [0.05, 0.1) is 17.2 Å². The minimum atomic E-state index is -3.84. The van der Waals surface area contributed by atoms with Crippen LogP contribution in [-0.2, 0) is 21.2 Å². The number of amides is 1. The Hall–Kier alpha value is -1.45. The third-order valence-electron chi connectivity index (χ3n) is 4.70. The van der Waals surface area contributed by atoms with Crippen molar-refractivity contribution < 1.29 is 17.9 Å². The molecule has 9 heteroatoms. The van der Waals surface area contributed by atoms with Crippen LogP contribution in [0.25, 0.3) is 0 Å². The molecule has 2 heterocycles. The van der Waals surface area contributed by atoms with Crippen LogP contribution >= 0.6 is 22.9 Å². The highest BCUT2D eigenvalue weighted by Gasteiger charge is 2.34. The van der Waals surface area contributed by atoms with E-state index in [1.165, 1.54) is 16.4 Å². The van der Waals surface area contributed by atoms with Gasteiger partial charge < -0.3 is 10.1 Å². The second kappa shape index (κ2) is 9.14. The first-order valence-electron chi connectivity index (χ1n) is 9.44. The predicted octanol–water partition coefficient (Wildman–Crippen LogP) is 3.56. The van der Waals surface area contributed by atoms with Crippen molar-refractivity contribution in [1.29, 1.82) is 0 Å². The van der Waals surface area contributed by atoms with Crippen LogP contribution in [0.4, 0.5) is 0 Å². The van der Waals surface area contributed by atoms with Crippen LogP contribution in [0.2, 0.25) is 5.02 Å². The van der Waals surface area contributed by atoms with Gasteiger partial charge in [0.1, 0.15) is 4.90 Å². The maximum Gasteiger partial charge on any atom is 0.251 e. The first-order chi connectivity index (χ1) is 13.7. The van der Waals surface area contributed by atoms with Crippen LogP contribution < -0.4 is 5.32 Å². The molecule has 1 aromatic heterocycles. The maximum absolute atomic E-state index is 13.2.